The molecule has 2 N–H and O–H groups in total. The van der Waals surface area contributed by atoms with Crippen molar-refractivity contribution in [3.63, 3.8) is 0 Å². The highest BCUT2D eigenvalue weighted by Crippen LogP contribution is 2.30. The van der Waals surface area contributed by atoms with Gasteiger partial charge in [0, 0.05) is 0 Å². The number of methoxy groups -OCH3 is 3. The van der Waals surface area contributed by atoms with Gasteiger partial charge in [-0.3, -0.25) is 9.59 Å². The molecule has 2 amide bonds. The monoisotopic (exact) mass is 534 g/mol. The van der Waals surface area contributed by atoms with Crippen LogP contribution in [0.25, 0.3) is 0 Å². The van der Waals surface area contributed by atoms with Crippen molar-refractivity contribution >= 4 is 11.8 Å². The molecular formula is C31H38N2O6. The lowest BCUT2D eigenvalue weighted by Crippen LogP contribution is -2.42. The number of rotatable bonds is 15. The van der Waals surface area contributed by atoms with Crippen LogP contribution in [0.5, 0.6) is 23.0 Å². The Kier molecular flexibility index (Phi) is 11.5. The fourth-order valence-corrected chi connectivity index (χ4v) is 4.00. The van der Waals surface area contributed by atoms with Crippen LogP contribution in [0.15, 0.2) is 66.7 Å². The van der Waals surface area contributed by atoms with Crippen molar-refractivity contribution < 1.29 is 28.5 Å². The minimum atomic E-state index is -0.773. The highest BCUT2D eigenvalue weighted by Gasteiger charge is 2.20. The topological polar surface area (TPSA) is 95.1 Å². The van der Waals surface area contributed by atoms with Crippen molar-refractivity contribution in [1.82, 2.24) is 10.6 Å². The molecule has 0 bridgehead atoms. The highest BCUT2D eigenvalue weighted by molar-refractivity contribution is 5.82. The summed E-state index contributed by atoms with van der Waals surface area (Å²) in [4.78, 5) is 26.1. The van der Waals surface area contributed by atoms with E-state index in [0.29, 0.717) is 35.2 Å². The van der Waals surface area contributed by atoms with E-state index in [1.807, 2.05) is 54.6 Å². The molecule has 0 saturated heterocycles. The molecule has 0 aliphatic heterocycles. The maximum absolute atomic E-state index is 13.0. The lowest BCUT2D eigenvalue weighted by atomic mass is 10.1. The molecule has 3 rings (SSSR count). The molecule has 8 heteroatoms. The summed E-state index contributed by atoms with van der Waals surface area (Å²) in [5.74, 6) is 2.10. The van der Waals surface area contributed by atoms with E-state index >= 15 is 0 Å². The summed E-state index contributed by atoms with van der Waals surface area (Å²) in [6, 6.07) is 20.0. The normalized spacial score (nSPS) is 10.6. The predicted molar refractivity (Wildman–Crippen MR) is 150 cm³/mol. The number of carbonyl (C=O) groups excluding carboxylic acids is 2. The van der Waals surface area contributed by atoms with Gasteiger partial charge in [-0.15, -0.1) is 0 Å². The average Bonchev–Trinajstić information content (AvgIpc) is 2.95. The van der Waals surface area contributed by atoms with Crippen molar-refractivity contribution in [2.45, 2.75) is 45.2 Å². The molecule has 3 aromatic carbocycles. The molecule has 3 aromatic rings. The van der Waals surface area contributed by atoms with Gasteiger partial charge in [0.2, 0.25) is 11.8 Å². The van der Waals surface area contributed by atoms with Gasteiger partial charge in [0.1, 0.15) is 17.7 Å². The average molecular weight is 535 g/mol. The lowest BCUT2D eigenvalue weighted by Gasteiger charge is -2.22. The number of hydrogen-bond donors (Lipinski definition) is 2. The Labute approximate surface area is 230 Å². The Balaban J connectivity index is 1.79. The van der Waals surface area contributed by atoms with Crippen LogP contribution >= 0.6 is 0 Å². The number of amides is 2. The van der Waals surface area contributed by atoms with E-state index in [2.05, 4.69) is 17.6 Å². The van der Waals surface area contributed by atoms with Crippen molar-refractivity contribution in [1.29, 1.82) is 0 Å². The molecule has 0 fully saturated rings. The van der Waals surface area contributed by atoms with Crippen molar-refractivity contribution in [3.8, 4) is 23.0 Å². The minimum absolute atomic E-state index is 0.144. The Morgan fingerprint density at radius 3 is 1.69 bits per heavy atom. The summed E-state index contributed by atoms with van der Waals surface area (Å²) >= 11 is 0. The molecule has 0 unspecified atom stereocenters. The molecule has 39 heavy (non-hydrogen) atoms. The first-order valence-electron chi connectivity index (χ1n) is 13.1. The highest BCUT2D eigenvalue weighted by atomic mass is 16.5. The molecule has 0 spiro atoms. The molecule has 0 saturated carbocycles. The summed E-state index contributed by atoms with van der Waals surface area (Å²) in [7, 11) is 4.77. The van der Waals surface area contributed by atoms with Crippen LogP contribution in [0.2, 0.25) is 0 Å². The summed E-state index contributed by atoms with van der Waals surface area (Å²) < 4.78 is 21.9. The molecule has 0 aromatic heterocycles. The number of carbonyl (C=O) groups is 2. The zero-order chi connectivity index (χ0) is 28.0. The predicted octanol–water partition coefficient (Wildman–Crippen LogP) is 5.00. The number of ether oxygens (including phenoxy) is 4. The van der Waals surface area contributed by atoms with Crippen LogP contribution in [0.3, 0.4) is 0 Å². The van der Waals surface area contributed by atoms with Crippen molar-refractivity contribution in [2.75, 3.05) is 27.9 Å². The van der Waals surface area contributed by atoms with E-state index in [0.717, 1.165) is 30.4 Å². The molecule has 8 nitrogen and oxygen atoms in total. The van der Waals surface area contributed by atoms with Gasteiger partial charge in [0.25, 0.3) is 0 Å². The molecule has 0 aliphatic carbocycles. The van der Waals surface area contributed by atoms with Gasteiger partial charge < -0.3 is 29.6 Å². The second-order valence-electron chi connectivity index (χ2n) is 9.08. The summed E-state index contributed by atoms with van der Waals surface area (Å²) in [6.45, 7) is 2.68. The number of hydrogen-bond acceptors (Lipinski definition) is 6. The first-order valence-corrected chi connectivity index (χ1v) is 13.1. The van der Waals surface area contributed by atoms with Crippen molar-refractivity contribution in [3.05, 3.63) is 83.4 Å². The van der Waals surface area contributed by atoms with E-state index < -0.39 is 6.17 Å². The van der Waals surface area contributed by atoms with Crippen LogP contribution in [-0.4, -0.2) is 39.8 Å². The van der Waals surface area contributed by atoms with E-state index in [1.54, 1.807) is 33.5 Å². The molecule has 0 radical (unpaired) electrons. The second kappa shape index (κ2) is 15.3. The van der Waals surface area contributed by atoms with Gasteiger partial charge in [-0.2, -0.15) is 0 Å². The van der Waals surface area contributed by atoms with E-state index in [1.165, 1.54) is 0 Å². The van der Waals surface area contributed by atoms with Crippen molar-refractivity contribution in [2.24, 2.45) is 0 Å². The zero-order valence-electron chi connectivity index (χ0n) is 23.1. The maximum atomic E-state index is 13.0. The quantitative estimate of drug-likeness (QED) is 0.211. The first-order chi connectivity index (χ1) is 18.9. The standard InChI is InChI=1S/C31H38N2O6/c1-5-6-7-18-39-28-21-24(12-17-27(28)38-4)31(32-29(34)19-22-8-13-25(36-2)14-9-22)33-30(35)20-23-10-15-26(37-3)16-11-23/h8-17,21,31H,5-7,18-20H2,1-4H3,(H,32,34)(H,33,35). The Morgan fingerprint density at radius 2 is 1.23 bits per heavy atom. The minimum Gasteiger partial charge on any atom is -0.497 e. The van der Waals surface area contributed by atoms with Crippen LogP contribution in [-0.2, 0) is 22.4 Å². The maximum Gasteiger partial charge on any atom is 0.226 e. The van der Waals surface area contributed by atoms with Gasteiger partial charge in [-0.1, -0.05) is 50.1 Å². The summed E-state index contributed by atoms with van der Waals surface area (Å²) in [5, 5.41) is 5.94. The van der Waals surface area contributed by atoms with Gasteiger partial charge >= 0.3 is 0 Å². The number of unbranched alkanes of at least 4 members (excludes halogenated alkanes) is 2. The van der Waals surface area contributed by atoms with Gasteiger partial charge in [-0.05, 0) is 59.5 Å². The largest absolute Gasteiger partial charge is 0.497 e. The second-order valence-corrected chi connectivity index (χ2v) is 9.08. The third-order valence-electron chi connectivity index (χ3n) is 6.18. The summed E-state index contributed by atoms with van der Waals surface area (Å²) in [5.41, 5.74) is 2.32. The smallest absolute Gasteiger partial charge is 0.226 e. The SMILES string of the molecule is CCCCCOc1cc(C(NC(=O)Cc2ccc(OC)cc2)NC(=O)Cc2ccc(OC)cc2)ccc1OC. The Hall–Kier alpha value is -4.20. The molecule has 0 heterocycles. The molecule has 208 valence electrons. The van der Waals surface area contributed by atoms with Gasteiger partial charge in [0.05, 0.1) is 40.8 Å². The lowest BCUT2D eigenvalue weighted by molar-refractivity contribution is -0.123. The van der Waals surface area contributed by atoms with E-state index in [-0.39, 0.29) is 24.7 Å². The third kappa shape index (κ3) is 9.25. The third-order valence-corrected chi connectivity index (χ3v) is 6.18. The molecule has 0 atom stereocenters. The Bertz CT molecular complexity index is 1130. The summed E-state index contributed by atoms with van der Waals surface area (Å²) in [6.07, 6.45) is 2.59. The van der Waals surface area contributed by atoms with E-state index in [9.17, 15) is 9.59 Å². The molecular weight excluding hydrogens is 496 g/mol. The fraction of sp³-hybridized carbons (Fsp3) is 0.355. The van der Waals surface area contributed by atoms with Crippen LogP contribution in [0.4, 0.5) is 0 Å². The fourth-order valence-electron chi connectivity index (χ4n) is 4.00. The van der Waals surface area contributed by atoms with Crippen LogP contribution in [0.1, 0.15) is 49.0 Å². The van der Waals surface area contributed by atoms with Crippen LogP contribution < -0.4 is 29.6 Å². The Morgan fingerprint density at radius 1 is 0.692 bits per heavy atom. The zero-order valence-corrected chi connectivity index (χ0v) is 23.1. The van der Waals surface area contributed by atoms with Crippen LogP contribution in [0, 0.1) is 0 Å². The number of nitrogens with one attached hydrogen (secondary N) is 2. The van der Waals surface area contributed by atoms with E-state index in [4.69, 9.17) is 18.9 Å². The van der Waals surface area contributed by atoms with Gasteiger partial charge in [0.15, 0.2) is 11.5 Å². The molecule has 0 aliphatic rings. The number of benzene rings is 3. The van der Waals surface area contributed by atoms with Gasteiger partial charge in [-0.25, -0.2) is 0 Å². The first kappa shape index (κ1) is 29.4.